The molecule has 2 rings (SSSR count). The molecule has 118 valence electrons. The minimum Gasteiger partial charge on any atom is -0.496 e. The van der Waals surface area contributed by atoms with Gasteiger partial charge in [0.15, 0.2) is 0 Å². The molecular weight excluding hydrogens is 276 g/mol. The van der Waals surface area contributed by atoms with Crippen molar-refractivity contribution in [1.29, 1.82) is 0 Å². The molecule has 0 saturated heterocycles. The van der Waals surface area contributed by atoms with Crippen LogP contribution in [0.4, 0.5) is 0 Å². The maximum Gasteiger partial charge on any atom is 0.122 e. The molecule has 1 N–H and O–H groups in total. The predicted molar refractivity (Wildman–Crippen MR) is 88.0 cm³/mol. The molecule has 0 bridgehead atoms. The quantitative estimate of drug-likeness (QED) is 0.809. The Morgan fingerprint density at radius 3 is 2.41 bits per heavy atom. The topological polar surface area (TPSA) is 38.7 Å². The Labute approximate surface area is 132 Å². The number of ether oxygens (including phenoxy) is 2. The number of aliphatic hydroxyl groups is 1. The summed E-state index contributed by atoms with van der Waals surface area (Å²) in [5, 5.41) is 10.3. The lowest BCUT2D eigenvalue weighted by molar-refractivity contribution is -0.0377. The highest BCUT2D eigenvalue weighted by Crippen LogP contribution is 2.20. The highest BCUT2D eigenvalue weighted by atomic mass is 16.5. The van der Waals surface area contributed by atoms with Crippen LogP contribution in [0.15, 0.2) is 54.6 Å². The molecule has 2 aromatic rings. The Balaban J connectivity index is 1.80. The molecule has 3 heteroatoms. The number of methoxy groups -OCH3 is 1. The summed E-state index contributed by atoms with van der Waals surface area (Å²) in [4.78, 5) is 0. The van der Waals surface area contributed by atoms with E-state index in [0.29, 0.717) is 13.0 Å². The van der Waals surface area contributed by atoms with Gasteiger partial charge in [-0.05, 0) is 37.0 Å². The zero-order chi connectivity index (χ0) is 15.8. The lowest BCUT2D eigenvalue weighted by atomic mass is 10.0. The van der Waals surface area contributed by atoms with E-state index in [2.05, 4.69) is 0 Å². The van der Waals surface area contributed by atoms with Crippen molar-refractivity contribution in [3.8, 4) is 5.75 Å². The highest BCUT2D eigenvalue weighted by Gasteiger charge is 2.15. The molecule has 0 spiro atoms. The zero-order valence-corrected chi connectivity index (χ0v) is 13.2. The molecule has 0 amide bonds. The van der Waals surface area contributed by atoms with E-state index in [9.17, 15) is 5.11 Å². The van der Waals surface area contributed by atoms with Crippen LogP contribution < -0.4 is 4.74 Å². The Morgan fingerprint density at radius 1 is 1.00 bits per heavy atom. The number of para-hydroxylation sites is 1. The van der Waals surface area contributed by atoms with Crippen LogP contribution in [0.1, 0.15) is 24.5 Å². The van der Waals surface area contributed by atoms with E-state index in [0.717, 1.165) is 23.3 Å². The van der Waals surface area contributed by atoms with Crippen molar-refractivity contribution in [3.05, 3.63) is 65.7 Å². The van der Waals surface area contributed by atoms with E-state index in [4.69, 9.17) is 9.47 Å². The minimum atomic E-state index is -0.492. The summed E-state index contributed by atoms with van der Waals surface area (Å²) in [6, 6.07) is 17.9. The number of hydrogen-bond acceptors (Lipinski definition) is 3. The van der Waals surface area contributed by atoms with Crippen LogP contribution in [0.5, 0.6) is 5.75 Å². The molecule has 0 unspecified atom stereocenters. The van der Waals surface area contributed by atoms with E-state index in [1.54, 1.807) is 7.11 Å². The maximum absolute atomic E-state index is 10.3. The number of aryl methyl sites for hydroxylation is 1. The van der Waals surface area contributed by atoms with Crippen LogP contribution in [-0.4, -0.2) is 24.4 Å². The zero-order valence-electron chi connectivity index (χ0n) is 13.2. The first-order valence-corrected chi connectivity index (χ1v) is 7.66. The lowest BCUT2D eigenvalue weighted by Crippen LogP contribution is -2.26. The summed E-state index contributed by atoms with van der Waals surface area (Å²) in [6.07, 6.45) is 0.726. The molecule has 3 nitrogen and oxygen atoms in total. The molecule has 2 aromatic carbocycles. The number of benzene rings is 2. The SMILES string of the molecule is COc1ccccc1CC[C@H](O)[C@H](C)OCc1ccccc1. The molecule has 0 heterocycles. The van der Waals surface area contributed by atoms with Gasteiger partial charge in [-0.25, -0.2) is 0 Å². The van der Waals surface area contributed by atoms with Gasteiger partial charge in [0.25, 0.3) is 0 Å². The van der Waals surface area contributed by atoms with Crippen molar-refractivity contribution in [2.45, 2.75) is 38.6 Å². The fourth-order valence-electron chi connectivity index (χ4n) is 2.36. The Hall–Kier alpha value is -1.84. The van der Waals surface area contributed by atoms with Gasteiger partial charge in [0.1, 0.15) is 5.75 Å². The molecule has 0 aromatic heterocycles. The Morgan fingerprint density at radius 2 is 1.68 bits per heavy atom. The molecule has 0 aliphatic carbocycles. The first-order chi connectivity index (χ1) is 10.7. The fourth-order valence-corrected chi connectivity index (χ4v) is 2.36. The second kappa shape index (κ2) is 8.57. The molecule has 22 heavy (non-hydrogen) atoms. The van der Waals surface area contributed by atoms with Gasteiger partial charge in [0.2, 0.25) is 0 Å². The molecule has 2 atom stereocenters. The first-order valence-electron chi connectivity index (χ1n) is 7.66. The van der Waals surface area contributed by atoms with Crippen molar-refractivity contribution < 1.29 is 14.6 Å². The third-order valence-corrected chi connectivity index (χ3v) is 3.80. The molecule has 0 saturated carbocycles. The van der Waals surface area contributed by atoms with Gasteiger partial charge in [-0.3, -0.25) is 0 Å². The average molecular weight is 300 g/mol. The van der Waals surface area contributed by atoms with E-state index in [-0.39, 0.29) is 6.10 Å². The molecule has 0 aliphatic heterocycles. The largest absolute Gasteiger partial charge is 0.496 e. The summed E-state index contributed by atoms with van der Waals surface area (Å²) in [5.74, 6) is 0.868. The average Bonchev–Trinajstić information content (AvgIpc) is 2.58. The van der Waals surface area contributed by atoms with Crippen LogP contribution in [-0.2, 0) is 17.8 Å². The minimum absolute atomic E-state index is 0.199. The van der Waals surface area contributed by atoms with Crippen LogP contribution in [0.3, 0.4) is 0 Å². The Kier molecular flexibility index (Phi) is 6.44. The summed E-state index contributed by atoms with van der Waals surface area (Å²) in [7, 11) is 1.67. The van der Waals surface area contributed by atoms with Crippen LogP contribution in [0.2, 0.25) is 0 Å². The van der Waals surface area contributed by atoms with Gasteiger partial charge in [-0.2, -0.15) is 0 Å². The standard InChI is InChI=1S/C19H24O3/c1-15(22-14-16-8-4-3-5-9-16)18(20)13-12-17-10-6-7-11-19(17)21-2/h3-11,15,18,20H,12-14H2,1-2H3/t15-,18-/m0/s1. The van der Waals surface area contributed by atoms with Crippen LogP contribution in [0.25, 0.3) is 0 Å². The van der Waals surface area contributed by atoms with Gasteiger partial charge >= 0.3 is 0 Å². The van der Waals surface area contributed by atoms with Gasteiger partial charge in [0.05, 0.1) is 25.9 Å². The predicted octanol–water partition coefficient (Wildman–Crippen LogP) is 3.59. The lowest BCUT2D eigenvalue weighted by Gasteiger charge is -2.20. The summed E-state index contributed by atoms with van der Waals surface area (Å²) >= 11 is 0. The number of hydrogen-bond donors (Lipinski definition) is 1. The van der Waals surface area contributed by atoms with Gasteiger partial charge in [-0.1, -0.05) is 48.5 Å². The van der Waals surface area contributed by atoms with Gasteiger partial charge in [-0.15, -0.1) is 0 Å². The number of rotatable bonds is 8. The van der Waals surface area contributed by atoms with Crippen LogP contribution in [0, 0.1) is 0 Å². The first kappa shape index (κ1) is 16.5. The number of aliphatic hydroxyl groups excluding tert-OH is 1. The normalized spacial score (nSPS) is 13.6. The third-order valence-electron chi connectivity index (χ3n) is 3.80. The summed E-state index contributed by atoms with van der Waals surface area (Å²) in [5.41, 5.74) is 2.23. The van der Waals surface area contributed by atoms with Crippen molar-refractivity contribution in [2.24, 2.45) is 0 Å². The van der Waals surface area contributed by atoms with Crippen molar-refractivity contribution >= 4 is 0 Å². The smallest absolute Gasteiger partial charge is 0.122 e. The second-order valence-corrected chi connectivity index (χ2v) is 5.42. The molecule has 0 radical (unpaired) electrons. The van der Waals surface area contributed by atoms with Crippen LogP contribution >= 0.6 is 0 Å². The van der Waals surface area contributed by atoms with E-state index in [1.165, 1.54) is 0 Å². The van der Waals surface area contributed by atoms with Crippen molar-refractivity contribution in [1.82, 2.24) is 0 Å². The van der Waals surface area contributed by atoms with E-state index in [1.807, 2.05) is 61.5 Å². The summed E-state index contributed by atoms with van der Waals surface area (Å²) < 4.78 is 11.1. The molecule has 0 aliphatic rings. The Bertz CT molecular complexity index is 554. The van der Waals surface area contributed by atoms with Gasteiger partial charge in [0, 0.05) is 0 Å². The second-order valence-electron chi connectivity index (χ2n) is 5.42. The maximum atomic E-state index is 10.3. The van der Waals surface area contributed by atoms with Crippen molar-refractivity contribution in [2.75, 3.05) is 7.11 Å². The molecular formula is C19H24O3. The van der Waals surface area contributed by atoms with E-state index >= 15 is 0 Å². The monoisotopic (exact) mass is 300 g/mol. The van der Waals surface area contributed by atoms with Crippen molar-refractivity contribution in [3.63, 3.8) is 0 Å². The third kappa shape index (κ3) is 4.86. The van der Waals surface area contributed by atoms with E-state index < -0.39 is 6.10 Å². The van der Waals surface area contributed by atoms with Gasteiger partial charge < -0.3 is 14.6 Å². The highest BCUT2D eigenvalue weighted by molar-refractivity contribution is 5.33. The fraction of sp³-hybridized carbons (Fsp3) is 0.368. The summed E-state index contributed by atoms with van der Waals surface area (Å²) in [6.45, 7) is 2.43. The molecule has 0 fully saturated rings.